The predicted molar refractivity (Wildman–Crippen MR) is 158 cm³/mol. The molecule has 0 atom stereocenters. The number of ether oxygens (including phenoxy) is 3. The lowest BCUT2D eigenvalue weighted by molar-refractivity contribution is -0.385. The summed E-state index contributed by atoms with van der Waals surface area (Å²) in [5, 5.41) is 12.4. The molecule has 1 aromatic heterocycles. The van der Waals surface area contributed by atoms with Crippen LogP contribution >= 0.6 is 0 Å². The Morgan fingerprint density at radius 1 is 0.857 bits per heavy atom. The zero-order valence-corrected chi connectivity index (χ0v) is 23.2. The third-order valence-electron chi connectivity index (χ3n) is 6.74. The number of hydrogen-bond acceptors (Lipinski definition) is 8. The Labute approximate surface area is 241 Å². The molecule has 0 saturated heterocycles. The van der Waals surface area contributed by atoms with Crippen molar-refractivity contribution in [2.75, 3.05) is 6.61 Å². The van der Waals surface area contributed by atoms with Crippen molar-refractivity contribution < 1.29 is 28.7 Å². The number of non-ortho nitro benzene ring substituents is 1. The Hall–Kier alpha value is -5.31. The van der Waals surface area contributed by atoms with E-state index in [2.05, 4.69) is 0 Å². The Morgan fingerprint density at radius 3 is 2.29 bits per heavy atom. The zero-order chi connectivity index (χ0) is 29.6. The average molecular weight is 565 g/mol. The van der Waals surface area contributed by atoms with Crippen LogP contribution in [0.2, 0.25) is 0 Å². The van der Waals surface area contributed by atoms with Gasteiger partial charge in [0, 0.05) is 35.4 Å². The molecule has 0 unspecified atom stereocenters. The number of fused-ring (bicyclic) bond motifs is 2. The second-order valence-electron chi connectivity index (χ2n) is 9.84. The number of para-hydroxylation sites is 1. The summed E-state index contributed by atoms with van der Waals surface area (Å²) in [6, 6.07) is 24.7. The lowest BCUT2D eigenvalue weighted by Crippen LogP contribution is -2.12. The number of nitrogens with zero attached hydrogens (tertiary/aromatic N) is 2. The lowest BCUT2D eigenvalue weighted by Gasteiger charge is -2.14. The number of hydrogen-bond donors (Lipinski definition) is 0. The van der Waals surface area contributed by atoms with Gasteiger partial charge in [-0.3, -0.25) is 14.9 Å². The second kappa shape index (κ2) is 12.5. The van der Waals surface area contributed by atoms with Crippen LogP contribution in [-0.4, -0.2) is 28.5 Å². The van der Waals surface area contributed by atoms with Gasteiger partial charge in [-0.25, -0.2) is 9.78 Å². The van der Waals surface area contributed by atoms with Crippen molar-refractivity contribution in [3.63, 3.8) is 0 Å². The van der Waals surface area contributed by atoms with Gasteiger partial charge in [-0.05, 0) is 55.2 Å². The van der Waals surface area contributed by atoms with Gasteiger partial charge < -0.3 is 14.2 Å². The first kappa shape index (κ1) is 28.2. The number of carbonyl (C=O) groups excluding carboxylic acids is 2. The molecule has 0 saturated carbocycles. The van der Waals surface area contributed by atoms with Crippen molar-refractivity contribution in [2.24, 2.45) is 0 Å². The topological polar surface area (TPSA) is 118 Å². The zero-order valence-electron chi connectivity index (χ0n) is 23.2. The summed E-state index contributed by atoms with van der Waals surface area (Å²) < 4.78 is 17.0. The third kappa shape index (κ3) is 6.36. The first-order chi connectivity index (χ1) is 20.3. The molecule has 0 aliphatic heterocycles. The molecule has 4 aromatic carbocycles. The minimum atomic E-state index is -0.596. The fraction of sp³-hybridized carbons (Fsp3) is 0.182. The summed E-state index contributed by atoms with van der Waals surface area (Å²) in [6.07, 6.45) is 0.698. The average Bonchev–Trinajstić information content (AvgIpc) is 2.99. The molecule has 0 aliphatic carbocycles. The molecule has 0 amide bonds. The van der Waals surface area contributed by atoms with Crippen LogP contribution in [0.3, 0.4) is 0 Å². The highest BCUT2D eigenvalue weighted by molar-refractivity contribution is 6.15. The van der Waals surface area contributed by atoms with Gasteiger partial charge in [0.1, 0.15) is 18.1 Å². The molecule has 1 heterocycles. The number of nitro groups is 1. The van der Waals surface area contributed by atoms with E-state index >= 15 is 0 Å². The van der Waals surface area contributed by atoms with Crippen LogP contribution < -0.4 is 9.47 Å². The van der Waals surface area contributed by atoms with E-state index in [0.717, 1.165) is 5.56 Å². The standard InChI is InChI=1S/C33H28N2O7/c1-21-17-24(35(38)39)18-22(2)32(21)42-33(37)31-26-11-6-7-12-28(26)34-29-19-25(14-15-27(29)31)40-16-8-13-30(36)41-20-23-9-4-3-5-10-23/h3-7,9-12,14-15,17-19H,8,13,16,20H2,1-2H3. The molecule has 0 N–H and O–H groups in total. The molecular weight excluding hydrogens is 536 g/mol. The van der Waals surface area contributed by atoms with Crippen molar-refractivity contribution in [1.29, 1.82) is 0 Å². The summed E-state index contributed by atoms with van der Waals surface area (Å²) in [5.74, 6) is -0.0664. The van der Waals surface area contributed by atoms with Crippen molar-refractivity contribution in [3.05, 3.63) is 117 Å². The molecule has 9 nitrogen and oxygen atoms in total. The monoisotopic (exact) mass is 564 g/mol. The molecule has 0 spiro atoms. The van der Waals surface area contributed by atoms with Crippen LogP contribution in [0.15, 0.2) is 84.9 Å². The predicted octanol–water partition coefficient (Wildman–Crippen LogP) is 7.03. The van der Waals surface area contributed by atoms with E-state index in [1.165, 1.54) is 12.1 Å². The van der Waals surface area contributed by atoms with Crippen LogP contribution in [-0.2, 0) is 16.1 Å². The molecule has 5 rings (SSSR count). The maximum atomic E-state index is 13.6. The third-order valence-corrected chi connectivity index (χ3v) is 6.74. The molecule has 5 aromatic rings. The minimum Gasteiger partial charge on any atom is -0.494 e. The quantitative estimate of drug-likeness (QED) is 0.0443. The highest BCUT2D eigenvalue weighted by Gasteiger charge is 2.21. The summed E-state index contributed by atoms with van der Waals surface area (Å²) in [5.41, 5.74) is 3.31. The van der Waals surface area contributed by atoms with E-state index in [4.69, 9.17) is 19.2 Å². The van der Waals surface area contributed by atoms with Gasteiger partial charge in [-0.15, -0.1) is 0 Å². The van der Waals surface area contributed by atoms with Crippen molar-refractivity contribution in [2.45, 2.75) is 33.3 Å². The van der Waals surface area contributed by atoms with E-state index in [1.807, 2.05) is 48.5 Å². The molecule has 9 heteroatoms. The molecule has 0 bridgehead atoms. The normalized spacial score (nSPS) is 10.9. The number of aryl methyl sites for hydroxylation is 2. The second-order valence-corrected chi connectivity index (χ2v) is 9.84. The van der Waals surface area contributed by atoms with Gasteiger partial charge in [0.2, 0.25) is 0 Å². The van der Waals surface area contributed by atoms with E-state index < -0.39 is 10.9 Å². The van der Waals surface area contributed by atoms with Gasteiger partial charge in [0.05, 0.1) is 28.1 Å². The smallest absolute Gasteiger partial charge is 0.344 e. The fourth-order valence-electron chi connectivity index (χ4n) is 4.74. The van der Waals surface area contributed by atoms with Crippen LogP contribution in [0.4, 0.5) is 5.69 Å². The molecule has 0 fully saturated rings. The van der Waals surface area contributed by atoms with Gasteiger partial charge in [-0.2, -0.15) is 0 Å². The largest absolute Gasteiger partial charge is 0.494 e. The number of aromatic nitrogens is 1. The maximum Gasteiger partial charge on any atom is 0.344 e. The van der Waals surface area contributed by atoms with E-state index in [-0.39, 0.29) is 30.4 Å². The number of carbonyl (C=O) groups is 2. The summed E-state index contributed by atoms with van der Waals surface area (Å²) in [6.45, 7) is 3.86. The van der Waals surface area contributed by atoms with Crippen molar-refractivity contribution >= 4 is 39.4 Å². The SMILES string of the molecule is Cc1cc([N+](=O)[O-])cc(C)c1OC(=O)c1c2ccccc2nc2cc(OCCCC(=O)OCc3ccccc3)ccc12. The van der Waals surface area contributed by atoms with E-state index in [0.29, 0.717) is 57.3 Å². The van der Waals surface area contributed by atoms with Gasteiger partial charge in [-0.1, -0.05) is 48.5 Å². The summed E-state index contributed by atoms with van der Waals surface area (Å²) >= 11 is 0. The Balaban J connectivity index is 1.32. The van der Waals surface area contributed by atoms with Crippen molar-refractivity contribution in [3.8, 4) is 11.5 Å². The Kier molecular flexibility index (Phi) is 8.38. The van der Waals surface area contributed by atoms with Gasteiger partial charge in [0.25, 0.3) is 5.69 Å². The number of pyridine rings is 1. The molecular formula is C33H28N2O7. The molecule has 42 heavy (non-hydrogen) atoms. The van der Waals surface area contributed by atoms with E-state index in [9.17, 15) is 19.7 Å². The number of nitro benzene ring substituents is 1. The molecule has 0 aliphatic rings. The fourth-order valence-corrected chi connectivity index (χ4v) is 4.74. The highest BCUT2D eigenvalue weighted by Crippen LogP contribution is 2.33. The Bertz CT molecular complexity index is 1780. The molecule has 0 radical (unpaired) electrons. The van der Waals surface area contributed by atoms with E-state index in [1.54, 1.807) is 38.1 Å². The van der Waals surface area contributed by atoms with Crippen LogP contribution in [0.1, 0.15) is 39.9 Å². The van der Waals surface area contributed by atoms with Crippen LogP contribution in [0, 0.1) is 24.0 Å². The number of rotatable bonds is 10. The van der Waals surface area contributed by atoms with Crippen LogP contribution in [0.25, 0.3) is 21.8 Å². The lowest BCUT2D eigenvalue weighted by atomic mass is 10.0. The summed E-state index contributed by atoms with van der Waals surface area (Å²) in [7, 11) is 0. The highest BCUT2D eigenvalue weighted by atomic mass is 16.6. The summed E-state index contributed by atoms with van der Waals surface area (Å²) in [4.78, 5) is 41.2. The first-order valence-corrected chi connectivity index (χ1v) is 13.4. The molecule has 212 valence electrons. The minimum absolute atomic E-state index is 0.0683. The van der Waals surface area contributed by atoms with Crippen molar-refractivity contribution in [1.82, 2.24) is 4.98 Å². The number of benzene rings is 4. The Morgan fingerprint density at radius 2 is 1.55 bits per heavy atom. The first-order valence-electron chi connectivity index (χ1n) is 13.4. The van der Waals surface area contributed by atoms with Crippen LogP contribution in [0.5, 0.6) is 11.5 Å². The number of esters is 2. The van der Waals surface area contributed by atoms with Gasteiger partial charge in [0.15, 0.2) is 0 Å². The maximum absolute atomic E-state index is 13.6. The van der Waals surface area contributed by atoms with Gasteiger partial charge >= 0.3 is 11.9 Å².